The number of methoxy groups -OCH3 is 1. The van der Waals surface area contributed by atoms with Crippen LogP contribution < -0.4 is 0 Å². The molecule has 1 aliphatic heterocycles. The van der Waals surface area contributed by atoms with Gasteiger partial charge >= 0.3 is 0 Å². The summed E-state index contributed by atoms with van der Waals surface area (Å²) in [7, 11) is 1.66. The van der Waals surface area contributed by atoms with E-state index in [0.717, 1.165) is 39.1 Å². The number of ether oxygens (including phenoxy) is 2. The van der Waals surface area contributed by atoms with Crippen molar-refractivity contribution in [2.45, 2.75) is 26.2 Å². The minimum absolute atomic E-state index is 0.139. The SMILES string of the molecule is CCC1(CO)COC1.COCCCCO. The van der Waals surface area contributed by atoms with Crippen molar-refractivity contribution >= 4 is 0 Å². The van der Waals surface area contributed by atoms with Crippen molar-refractivity contribution in [3.8, 4) is 0 Å². The Morgan fingerprint density at radius 2 is 1.93 bits per heavy atom. The summed E-state index contributed by atoms with van der Waals surface area (Å²) in [6.07, 6.45) is 2.85. The van der Waals surface area contributed by atoms with Crippen molar-refractivity contribution in [2.75, 3.05) is 40.1 Å². The smallest absolute Gasteiger partial charge is 0.0566 e. The Morgan fingerprint density at radius 3 is 2.13 bits per heavy atom. The highest BCUT2D eigenvalue weighted by Gasteiger charge is 2.35. The summed E-state index contributed by atoms with van der Waals surface area (Å²) in [5.74, 6) is 0. The lowest BCUT2D eigenvalue weighted by molar-refractivity contribution is -0.138. The maximum atomic E-state index is 8.76. The van der Waals surface area contributed by atoms with Gasteiger partial charge in [0.15, 0.2) is 0 Å². The molecule has 92 valence electrons. The Hall–Kier alpha value is -0.160. The molecule has 0 amide bonds. The minimum atomic E-state index is 0.139. The predicted octanol–water partition coefficient (Wildman–Crippen LogP) is 0.811. The number of aliphatic hydroxyl groups excluding tert-OH is 2. The molecule has 0 bridgehead atoms. The normalized spacial score (nSPS) is 17.6. The molecule has 0 saturated carbocycles. The fourth-order valence-electron chi connectivity index (χ4n) is 1.16. The van der Waals surface area contributed by atoms with Gasteiger partial charge in [0.1, 0.15) is 0 Å². The van der Waals surface area contributed by atoms with Crippen molar-refractivity contribution in [3.05, 3.63) is 0 Å². The van der Waals surface area contributed by atoms with Gasteiger partial charge in [-0.05, 0) is 19.3 Å². The van der Waals surface area contributed by atoms with E-state index in [-0.39, 0.29) is 18.6 Å². The second-order valence-corrected chi connectivity index (χ2v) is 3.93. The molecule has 1 rings (SSSR count). The molecule has 1 saturated heterocycles. The first-order valence-electron chi connectivity index (χ1n) is 5.53. The molecule has 1 heterocycles. The summed E-state index contributed by atoms with van der Waals surface area (Å²) in [5.41, 5.74) is 0.139. The Balaban J connectivity index is 0.000000265. The lowest BCUT2D eigenvalue weighted by Crippen LogP contribution is -2.44. The van der Waals surface area contributed by atoms with Crippen LogP contribution in [0.3, 0.4) is 0 Å². The number of hydrogen-bond donors (Lipinski definition) is 2. The molecule has 0 aromatic carbocycles. The standard InChI is InChI=1S/C6H12O2.C5H12O2/c1-2-6(3-7)4-8-5-6;1-7-5-3-2-4-6/h7H,2-5H2,1H3;6H,2-5H2,1H3. The zero-order valence-electron chi connectivity index (χ0n) is 9.87. The van der Waals surface area contributed by atoms with Gasteiger partial charge < -0.3 is 19.7 Å². The van der Waals surface area contributed by atoms with Gasteiger partial charge in [-0.2, -0.15) is 0 Å². The first kappa shape index (κ1) is 14.8. The number of rotatable bonds is 6. The molecule has 0 atom stereocenters. The quantitative estimate of drug-likeness (QED) is 0.650. The van der Waals surface area contributed by atoms with E-state index in [1.807, 2.05) is 0 Å². The van der Waals surface area contributed by atoms with E-state index in [4.69, 9.17) is 19.7 Å². The molecular formula is C11H24O4. The van der Waals surface area contributed by atoms with Crippen LogP contribution in [0.5, 0.6) is 0 Å². The van der Waals surface area contributed by atoms with Gasteiger partial charge in [-0.15, -0.1) is 0 Å². The lowest BCUT2D eigenvalue weighted by Gasteiger charge is -2.38. The van der Waals surface area contributed by atoms with Gasteiger partial charge in [-0.3, -0.25) is 0 Å². The molecule has 0 spiro atoms. The van der Waals surface area contributed by atoms with Crippen molar-refractivity contribution < 1.29 is 19.7 Å². The highest BCUT2D eigenvalue weighted by atomic mass is 16.5. The van der Waals surface area contributed by atoms with Crippen LogP contribution in [0.15, 0.2) is 0 Å². The van der Waals surface area contributed by atoms with Crippen LogP contribution in [0.2, 0.25) is 0 Å². The highest BCUT2D eigenvalue weighted by molar-refractivity contribution is 4.82. The van der Waals surface area contributed by atoms with Crippen LogP contribution >= 0.6 is 0 Å². The molecule has 2 N–H and O–H groups in total. The van der Waals surface area contributed by atoms with Crippen molar-refractivity contribution in [1.82, 2.24) is 0 Å². The molecular weight excluding hydrogens is 196 g/mol. The zero-order valence-corrected chi connectivity index (χ0v) is 9.87. The van der Waals surface area contributed by atoms with Crippen molar-refractivity contribution in [2.24, 2.45) is 5.41 Å². The first-order valence-corrected chi connectivity index (χ1v) is 5.53. The van der Waals surface area contributed by atoms with Gasteiger partial charge in [0.2, 0.25) is 0 Å². The summed E-state index contributed by atoms with van der Waals surface area (Å²) in [6, 6.07) is 0. The molecule has 4 nitrogen and oxygen atoms in total. The third-order valence-electron chi connectivity index (χ3n) is 2.66. The van der Waals surface area contributed by atoms with Crippen LogP contribution in [-0.2, 0) is 9.47 Å². The summed E-state index contributed by atoms with van der Waals surface area (Å²) in [5, 5.41) is 17.0. The molecule has 0 aliphatic carbocycles. The Kier molecular flexibility index (Phi) is 9.00. The van der Waals surface area contributed by atoms with Crippen LogP contribution in [0.25, 0.3) is 0 Å². The van der Waals surface area contributed by atoms with Gasteiger partial charge in [0, 0.05) is 25.7 Å². The zero-order chi connectivity index (χ0) is 11.6. The molecule has 0 aromatic rings. The van der Waals surface area contributed by atoms with E-state index in [2.05, 4.69) is 6.92 Å². The maximum Gasteiger partial charge on any atom is 0.0566 e. The van der Waals surface area contributed by atoms with E-state index < -0.39 is 0 Å². The molecule has 0 radical (unpaired) electrons. The molecule has 0 aromatic heterocycles. The monoisotopic (exact) mass is 220 g/mol. The number of unbranched alkanes of at least 4 members (excludes halogenated alkanes) is 1. The number of aliphatic hydroxyl groups is 2. The van der Waals surface area contributed by atoms with Gasteiger partial charge in [-0.25, -0.2) is 0 Å². The maximum absolute atomic E-state index is 8.76. The fourth-order valence-corrected chi connectivity index (χ4v) is 1.16. The molecule has 0 unspecified atom stereocenters. The van der Waals surface area contributed by atoms with Crippen LogP contribution in [-0.4, -0.2) is 50.4 Å². The van der Waals surface area contributed by atoms with Crippen molar-refractivity contribution in [1.29, 1.82) is 0 Å². The van der Waals surface area contributed by atoms with Gasteiger partial charge in [0.05, 0.1) is 19.8 Å². The number of hydrogen-bond acceptors (Lipinski definition) is 4. The average molecular weight is 220 g/mol. The summed E-state index contributed by atoms with van der Waals surface area (Å²) >= 11 is 0. The molecule has 4 heteroatoms. The first-order chi connectivity index (χ1) is 7.24. The lowest BCUT2D eigenvalue weighted by atomic mass is 9.84. The minimum Gasteiger partial charge on any atom is -0.396 e. The summed E-state index contributed by atoms with van der Waals surface area (Å²) < 4.78 is 9.69. The molecule has 15 heavy (non-hydrogen) atoms. The topological polar surface area (TPSA) is 58.9 Å². The van der Waals surface area contributed by atoms with Crippen LogP contribution in [0.4, 0.5) is 0 Å². The third kappa shape index (κ3) is 6.10. The van der Waals surface area contributed by atoms with Gasteiger partial charge in [0.25, 0.3) is 0 Å². The third-order valence-corrected chi connectivity index (χ3v) is 2.66. The van der Waals surface area contributed by atoms with E-state index in [1.54, 1.807) is 7.11 Å². The van der Waals surface area contributed by atoms with E-state index in [0.29, 0.717) is 0 Å². The Bertz CT molecular complexity index is 117. The second-order valence-electron chi connectivity index (χ2n) is 3.93. The Morgan fingerprint density at radius 1 is 1.27 bits per heavy atom. The average Bonchev–Trinajstić information content (AvgIpc) is 2.20. The highest BCUT2D eigenvalue weighted by Crippen LogP contribution is 2.29. The molecule has 1 fully saturated rings. The summed E-state index contributed by atoms with van der Waals surface area (Å²) in [6.45, 7) is 4.91. The van der Waals surface area contributed by atoms with Crippen LogP contribution in [0, 0.1) is 5.41 Å². The molecule has 1 aliphatic rings. The Labute approximate surface area is 92.2 Å². The second kappa shape index (κ2) is 9.09. The van der Waals surface area contributed by atoms with E-state index in [9.17, 15) is 0 Å². The van der Waals surface area contributed by atoms with E-state index in [1.165, 1.54) is 0 Å². The summed E-state index contributed by atoms with van der Waals surface area (Å²) in [4.78, 5) is 0. The fraction of sp³-hybridized carbons (Fsp3) is 1.00. The largest absolute Gasteiger partial charge is 0.396 e. The predicted molar refractivity (Wildman–Crippen MR) is 58.8 cm³/mol. The van der Waals surface area contributed by atoms with Gasteiger partial charge in [-0.1, -0.05) is 6.92 Å². The van der Waals surface area contributed by atoms with E-state index >= 15 is 0 Å². The van der Waals surface area contributed by atoms with Crippen molar-refractivity contribution in [3.63, 3.8) is 0 Å². The van der Waals surface area contributed by atoms with Crippen LogP contribution in [0.1, 0.15) is 26.2 Å².